The summed E-state index contributed by atoms with van der Waals surface area (Å²) in [5, 5.41) is 12.2. The van der Waals surface area contributed by atoms with Crippen LogP contribution in [0.15, 0.2) is 18.2 Å². The fourth-order valence-corrected chi connectivity index (χ4v) is 1.89. The summed E-state index contributed by atoms with van der Waals surface area (Å²) in [6.07, 6.45) is 0. The van der Waals surface area contributed by atoms with Crippen LogP contribution in [0.1, 0.15) is 29.8 Å². The van der Waals surface area contributed by atoms with E-state index in [1.165, 1.54) is 0 Å². The number of benzene rings is 1. The van der Waals surface area contributed by atoms with Crippen molar-refractivity contribution < 1.29 is 14.7 Å². The van der Waals surface area contributed by atoms with Crippen LogP contribution < -0.4 is 11.1 Å². The van der Waals surface area contributed by atoms with Crippen molar-refractivity contribution in [2.24, 2.45) is 17.6 Å². The largest absolute Gasteiger partial charge is 0.481 e. The highest BCUT2D eigenvalue weighted by Gasteiger charge is 2.21. The van der Waals surface area contributed by atoms with Crippen molar-refractivity contribution in [3.8, 4) is 0 Å². The van der Waals surface area contributed by atoms with Crippen molar-refractivity contribution in [3.63, 3.8) is 0 Å². The highest BCUT2D eigenvalue weighted by Crippen LogP contribution is 2.17. The summed E-state index contributed by atoms with van der Waals surface area (Å²) in [6, 6.07) is 5.16. The number of carboxylic acid groups (broad SMARTS) is 1. The molecule has 5 nitrogen and oxygen atoms in total. The van der Waals surface area contributed by atoms with Crippen molar-refractivity contribution >= 4 is 17.6 Å². The SMILES string of the molecule is Cc1cc(NCC(C(=O)O)C(C)C)ccc1C(N)=O. The number of carbonyl (C=O) groups excluding carboxylic acids is 1. The molecule has 0 heterocycles. The van der Waals surface area contributed by atoms with Crippen LogP contribution in [0.3, 0.4) is 0 Å². The quantitative estimate of drug-likeness (QED) is 0.731. The molecule has 0 bridgehead atoms. The van der Waals surface area contributed by atoms with E-state index >= 15 is 0 Å². The number of aryl methyl sites for hydroxylation is 1. The molecule has 1 atom stereocenters. The molecular formula is C14H20N2O3. The van der Waals surface area contributed by atoms with Crippen LogP contribution in [0.2, 0.25) is 0 Å². The van der Waals surface area contributed by atoms with Crippen LogP contribution in [0.5, 0.6) is 0 Å². The molecule has 1 unspecified atom stereocenters. The number of hydrogen-bond acceptors (Lipinski definition) is 3. The Balaban J connectivity index is 2.76. The Morgan fingerprint density at radius 2 is 2.00 bits per heavy atom. The molecule has 104 valence electrons. The number of amides is 1. The summed E-state index contributed by atoms with van der Waals surface area (Å²) in [7, 11) is 0. The lowest BCUT2D eigenvalue weighted by Gasteiger charge is -2.18. The van der Waals surface area contributed by atoms with Gasteiger partial charge in [-0.2, -0.15) is 0 Å². The maximum Gasteiger partial charge on any atom is 0.308 e. The minimum Gasteiger partial charge on any atom is -0.481 e. The fraction of sp³-hybridized carbons (Fsp3) is 0.429. The summed E-state index contributed by atoms with van der Waals surface area (Å²) in [4.78, 5) is 22.2. The number of hydrogen-bond donors (Lipinski definition) is 3. The van der Waals surface area contributed by atoms with Gasteiger partial charge in [0.2, 0.25) is 5.91 Å². The average Bonchev–Trinajstić information content (AvgIpc) is 2.27. The van der Waals surface area contributed by atoms with Crippen LogP contribution in [0, 0.1) is 18.8 Å². The smallest absolute Gasteiger partial charge is 0.308 e. The van der Waals surface area contributed by atoms with Gasteiger partial charge in [0.1, 0.15) is 0 Å². The average molecular weight is 264 g/mol. The van der Waals surface area contributed by atoms with Crippen molar-refractivity contribution in [2.75, 3.05) is 11.9 Å². The number of nitrogens with two attached hydrogens (primary N) is 1. The number of aliphatic carboxylic acids is 1. The van der Waals surface area contributed by atoms with Gasteiger partial charge in [0, 0.05) is 17.8 Å². The molecule has 0 spiro atoms. The molecule has 0 saturated heterocycles. The molecule has 0 aromatic heterocycles. The highest BCUT2D eigenvalue weighted by atomic mass is 16.4. The van der Waals surface area contributed by atoms with Crippen LogP contribution in [0.25, 0.3) is 0 Å². The zero-order chi connectivity index (χ0) is 14.6. The second-order valence-electron chi connectivity index (χ2n) is 4.96. The number of primary amides is 1. The second-order valence-corrected chi connectivity index (χ2v) is 4.96. The summed E-state index contributed by atoms with van der Waals surface area (Å²) < 4.78 is 0. The van der Waals surface area contributed by atoms with E-state index in [0.717, 1.165) is 11.3 Å². The molecule has 0 aliphatic rings. The van der Waals surface area contributed by atoms with E-state index in [1.807, 2.05) is 13.8 Å². The monoisotopic (exact) mass is 264 g/mol. The summed E-state index contributed by atoms with van der Waals surface area (Å²) >= 11 is 0. The summed E-state index contributed by atoms with van der Waals surface area (Å²) in [5.74, 6) is -1.67. The van der Waals surface area contributed by atoms with Gasteiger partial charge >= 0.3 is 5.97 Å². The van der Waals surface area contributed by atoms with E-state index in [4.69, 9.17) is 10.8 Å². The number of anilines is 1. The number of carbonyl (C=O) groups is 2. The molecule has 0 radical (unpaired) electrons. The van der Waals surface area contributed by atoms with Gasteiger partial charge in [-0.3, -0.25) is 9.59 Å². The summed E-state index contributed by atoms with van der Waals surface area (Å²) in [5.41, 5.74) is 7.26. The van der Waals surface area contributed by atoms with E-state index in [9.17, 15) is 9.59 Å². The van der Waals surface area contributed by atoms with E-state index in [1.54, 1.807) is 25.1 Å². The third-order valence-electron chi connectivity index (χ3n) is 3.14. The van der Waals surface area contributed by atoms with Gasteiger partial charge in [0.05, 0.1) is 5.92 Å². The molecule has 0 aliphatic carbocycles. The van der Waals surface area contributed by atoms with Crippen molar-refractivity contribution in [2.45, 2.75) is 20.8 Å². The van der Waals surface area contributed by atoms with E-state index in [2.05, 4.69) is 5.32 Å². The molecule has 1 rings (SSSR count). The van der Waals surface area contributed by atoms with Gasteiger partial charge < -0.3 is 16.2 Å². The molecule has 0 aliphatic heterocycles. The Hall–Kier alpha value is -2.04. The van der Waals surface area contributed by atoms with E-state index in [-0.39, 0.29) is 5.92 Å². The first kappa shape index (κ1) is 15.0. The minimum atomic E-state index is -0.812. The third-order valence-corrected chi connectivity index (χ3v) is 3.14. The molecule has 0 fully saturated rings. The molecule has 1 aromatic carbocycles. The maximum absolute atomic E-state index is 11.1. The zero-order valence-electron chi connectivity index (χ0n) is 11.4. The normalized spacial score (nSPS) is 12.2. The second kappa shape index (κ2) is 6.22. The Kier molecular flexibility index (Phi) is 4.92. The zero-order valence-corrected chi connectivity index (χ0v) is 11.4. The van der Waals surface area contributed by atoms with Gasteiger partial charge in [-0.25, -0.2) is 0 Å². The van der Waals surface area contributed by atoms with E-state index < -0.39 is 17.8 Å². The number of nitrogens with one attached hydrogen (secondary N) is 1. The van der Waals surface area contributed by atoms with Gasteiger partial charge in [-0.15, -0.1) is 0 Å². The standard InChI is InChI=1S/C14H20N2O3/c1-8(2)12(14(18)19)7-16-10-4-5-11(13(15)17)9(3)6-10/h4-6,8,12,16H,7H2,1-3H3,(H2,15,17)(H,18,19). The Morgan fingerprint density at radius 1 is 1.37 bits per heavy atom. The van der Waals surface area contributed by atoms with Gasteiger partial charge in [0.25, 0.3) is 0 Å². The molecule has 5 heteroatoms. The van der Waals surface area contributed by atoms with Gasteiger partial charge in [-0.1, -0.05) is 13.8 Å². The Bertz CT molecular complexity index is 484. The van der Waals surface area contributed by atoms with E-state index in [0.29, 0.717) is 12.1 Å². The lowest BCUT2D eigenvalue weighted by atomic mass is 9.96. The minimum absolute atomic E-state index is 0.0518. The van der Waals surface area contributed by atoms with Crippen LogP contribution in [-0.4, -0.2) is 23.5 Å². The predicted molar refractivity (Wildman–Crippen MR) is 74.2 cm³/mol. The van der Waals surface area contributed by atoms with Crippen LogP contribution in [-0.2, 0) is 4.79 Å². The first-order valence-electron chi connectivity index (χ1n) is 6.20. The van der Waals surface area contributed by atoms with Gasteiger partial charge in [0.15, 0.2) is 0 Å². The lowest BCUT2D eigenvalue weighted by molar-refractivity contribution is -0.142. The first-order valence-corrected chi connectivity index (χ1v) is 6.20. The van der Waals surface area contributed by atoms with Crippen LogP contribution >= 0.6 is 0 Å². The number of rotatable bonds is 6. The van der Waals surface area contributed by atoms with Crippen molar-refractivity contribution in [1.82, 2.24) is 0 Å². The predicted octanol–water partition coefficient (Wildman–Crippen LogP) is 1.86. The highest BCUT2D eigenvalue weighted by molar-refractivity contribution is 5.94. The first-order chi connectivity index (χ1) is 8.82. The summed E-state index contributed by atoms with van der Waals surface area (Å²) in [6.45, 7) is 5.90. The molecule has 0 saturated carbocycles. The van der Waals surface area contributed by atoms with Crippen molar-refractivity contribution in [3.05, 3.63) is 29.3 Å². The van der Waals surface area contributed by atoms with Crippen LogP contribution in [0.4, 0.5) is 5.69 Å². The number of carboxylic acids is 1. The maximum atomic E-state index is 11.1. The molecule has 4 N–H and O–H groups in total. The fourth-order valence-electron chi connectivity index (χ4n) is 1.89. The Morgan fingerprint density at radius 3 is 2.42 bits per heavy atom. The third kappa shape index (κ3) is 3.98. The van der Waals surface area contributed by atoms with Gasteiger partial charge in [-0.05, 0) is 36.6 Å². The molecule has 1 aromatic rings. The molecule has 1 amide bonds. The lowest BCUT2D eigenvalue weighted by Crippen LogP contribution is -2.27. The van der Waals surface area contributed by atoms with Crippen molar-refractivity contribution in [1.29, 1.82) is 0 Å². The topological polar surface area (TPSA) is 92.4 Å². The Labute approximate surface area is 112 Å². The molecule has 19 heavy (non-hydrogen) atoms. The molecular weight excluding hydrogens is 244 g/mol.